The van der Waals surface area contributed by atoms with Crippen molar-refractivity contribution >= 4 is 43.3 Å². The number of fused-ring (bicyclic) bond motifs is 5. The van der Waals surface area contributed by atoms with Crippen molar-refractivity contribution in [2.24, 2.45) is 0 Å². The molecule has 4 heterocycles. The van der Waals surface area contributed by atoms with Crippen LogP contribution in [-0.2, 0) is 0 Å². The van der Waals surface area contributed by atoms with E-state index in [9.17, 15) is 14.7 Å². The van der Waals surface area contributed by atoms with Gasteiger partial charge in [0.2, 0.25) is 5.43 Å². The number of amides is 1. The lowest BCUT2D eigenvalue weighted by Crippen LogP contribution is -2.35. The number of likely N-dealkylation sites (tertiary alicyclic amines) is 1. The van der Waals surface area contributed by atoms with E-state index >= 15 is 0 Å². The van der Waals surface area contributed by atoms with Crippen molar-refractivity contribution in [1.29, 1.82) is 0 Å². The molecule has 1 amide bonds. The number of phenols is 1. The van der Waals surface area contributed by atoms with Gasteiger partial charge in [0.15, 0.2) is 0 Å². The molecule has 0 saturated carbocycles. The summed E-state index contributed by atoms with van der Waals surface area (Å²) < 4.78 is 2.86. The number of nitrogens with one attached hydrogen (secondary N) is 1. The van der Waals surface area contributed by atoms with Crippen LogP contribution in [0.2, 0.25) is 0 Å². The number of para-hydroxylation sites is 2. The molecule has 8 heteroatoms. The van der Waals surface area contributed by atoms with Crippen LogP contribution >= 0.6 is 11.3 Å². The summed E-state index contributed by atoms with van der Waals surface area (Å²) >= 11 is 1.41. The van der Waals surface area contributed by atoms with Crippen molar-refractivity contribution in [3.8, 4) is 17.0 Å². The number of rotatable bonds is 5. The molecule has 0 atom stereocenters. The average Bonchev–Trinajstić information content (AvgIpc) is 3.52. The van der Waals surface area contributed by atoms with Gasteiger partial charge in [-0.15, -0.1) is 11.3 Å². The van der Waals surface area contributed by atoms with Crippen molar-refractivity contribution in [3.05, 3.63) is 76.5 Å². The number of hydrogen-bond acceptors (Lipinski definition) is 6. The van der Waals surface area contributed by atoms with Crippen LogP contribution in [0, 0.1) is 0 Å². The summed E-state index contributed by atoms with van der Waals surface area (Å²) in [6.07, 6.45) is 2.39. The van der Waals surface area contributed by atoms with Crippen molar-refractivity contribution in [2.45, 2.75) is 12.8 Å². The SMILES string of the molecule is O=C(NCCN1CCCC1)c1c(=O)c2ccc(-c3ccccc3O)nc2n2c1sc1ccccc12. The number of hydrogen-bond donors (Lipinski definition) is 2. The van der Waals surface area contributed by atoms with Crippen LogP contribution in [0.15, 0.2) is 65.5 Å². The van der Waals surface area contributed by atoms with E-state index in [-0.39, 0.29) is 22.6 Å². The molecule has 0 radical (unpaired) electrons. The van der Waals surface area contributed by atoms with E-state index in [0.29, 0.717) is 33.7 Å². The summed E-state index contributed by atoms with van der Waals surface area (Å²) in [6.45, 7) is 3.39. The molecule has 176 valence electrons. The highest BCUT2D eigenvalue weighted by atomic mass is 32.1. The third-order valence-corrected chi connectivity index (χ3v) is 7.75. The molecule has 2 N–H and O–H groups in total. The molecule has 5 aromatic rings. The minimum atomic E-state index is -0.357. The first-order valence-electron chi connectivity index (χ1n) is 11.8. The van der Waals surface area contributed by atoms with Crippen LogP contribution in [0.1, 0.15) is 23.2 Å². The lowest BCUT2D eigenvalue weighted by molar-refractivity contribution is 0.0950. The first-order chi connectivity index (χ1) is 17.1. The third kappa shape index (κ3) is 3.75. The van der Waals surface area contributed by atoms with Crippen molar-refractivity contribution < 1.29 is 9.90 Å². The van der Waals surface area contributed by atoms with Crippen molar-refractivity contribution in [2.75, 3.05) is 26.2 Å². The number of aromatic nitrogens is 2. The normalized spacial score (nSPS) is 14.3. The maximum atomic E-state index is 13.6. The zero-order chi connectivity index (χ0) is 23.9. The fraction of sp³-hybridized carbons (Fsp3) is 0.222. The highest BCUT2D eigenvalue weighted by Gasteiger charge is 2.23. The molecule has 1 aliphatic rings. The molecule has 0 unspecified atom stereocenters. The van der Waals surface area contributed by atoms with Crippen molar-refractivity contribution in [3.63, 3.8) is 0 Å². The van der Waals surface area contributed by atoms with Crippen molar-refractivity contribution in [1.82, 2.24) is 19.6 Å². The van der Waals surface area contributed by atoms with E-state index in [1.807, 2.05) is 34.7 Å². The van der Waals surface area contributed by atoms with E-state index in [4.69, 9.17) is 4.98 Å². The van der Waals surface area contributed by atoms with E-state index in [1.165, 1.54) is 24.2 Å². The topological polar surface area (TPSA) is 86.9 Å². The molecule has 3 aromatic heterocycles. The number of nitrogens with zero attached hydrogens (tertiary/aromatic N) is 3. The van der Waals surface area contributed by atoms with Gasteiger partial charge in [0, 0.05) is 18.7 Å². The number of phenolic OH excluding ortho intramolecular Hbond substituents is 1. The number of benzene rings is 2. The molecule has 35 heavy (non-hydrogen) atoms. The van der Waals surface area contributed by atoms with Crippen LogP contribution in [0.4, 0.5) is 0 Å². The van der Waals surface area contributed by atoms with Gasteiger partial charge in [-0.25, -0.2) is 4.98 Å². The van der Waals surface area contributed by atoms with Gasteiger partial charge in [-0.3, -0.25) is 14.0 Å². The lowest BCUT2D eigenvalue weighted by Gasteiger charge is -2.15. The first kappa shape index (κ1) is 21.8. The Morgan fingerprint density at radius 1 is 1.03 bits per heavy atom. The standard InChI is InChI=1S/C27H24N4O3S/c32-21-9-3-1-7-17(21)19-12-11-18-24(33)23(26(34)28-13-16-30-14-5-6-15-30)27-31(25(18)29-19)20-8-2-4-10-22(20)35-27/h1-4,7-12,32H,5-6,13-16H2,(H,28,34). The van der Waals surface area contributed by atoms with Gasteiger partial charge in [0.25, 0.3) is 5.91 Å². The van der Waals surface area contributed by atoms with Gasteiger partial charge in [-0.2, -0.15) is 0 Å². The number of thiazole rings is 1. The van der Waals surface area contributed by atoms with Gasteiger partial charge in [0.05, 0.1) is 21.3 Å². The highest BCUT2D eigenvalue weighted by Crippen LogP contribution is 2.33. The lowest BCUT2D eigenvalue weighted by atomic mass is 10.1. The Bertz CT molecular complexity index is 1650. The fourth-order valence-corrected chi connectivity index (χ4v) is 6.03. The van der Waals surface area contributed by atoms with E-state index < -0.39 is 0 Å². The molecule has 1 fully saturated rings. The van der Waals surface area contributed by atoms with E-state index in [1.54, 1.807) is 30.3 Å². The second-order valence-electron chi connectivity index (χ2n) is 8.80. The van der Waals surface area contributed by atoms with Crippen LogP contribution in [0.25, 0.3) is 37.3 Å². The molecule has 1 aliphatic heterocycles. The van der Waals surface area contributed by atoms with Gasteiger partial charge in [-0.05, 0) is 62.3 Å². The summed E-state index contributed by atoms with van der Waals surface area (Å²) in [5, 5.41) is 13.7. The quantitative estimate of drug-likeness (QED) is 0.389. The van der Waals surface area contributed by atoms with Crippen LogP contribution < -0.4 is 10.7 Å². The smallest absolute Gasteiger partial charge is 0.258 e. The Hall–Kier alpha value is -3.75. The Kier molecular flexibility index (Phi) is 5.47. The molecule has 7 nitrogen and oxygen atoms in total. The molecule has 0 bridgehead atoms. The first-order valence-corrected chi connectivity index (χ1v) is 12.6. The molecule has 0 aliphatic carbocycles. The molecular weight excluding hydrogens is 460 g/mol. The third-order valence-electron chi connectivity index (χ3n) is 6.61. The fourth-order valence-electron chi connectivity index (χ4n) is 4.85. The largest absolute Gasteiger partial charge is 0.507 e. The van der Waals surface area contributed by atoms with E-state index in [2.05, 4.69) is 10.2 Å². The molecule has 0 spiro atoms. The number of carbonyl (C=O) groups excluding carboxylic acids is 1. The zero-order valence-corrected chi connectivity index (χ0v) is 19.8. The monoisotopic (exact) mass is 484 g/mol. The van der Waals surface area contributed by atoms with Gasteiger partial charge < -0.3 is 15.3 Å². The Morgan fingerprint density at radius 2 is 1.80 bits per heavy atom. The Labute approximate surface area is 205 Å². The summed E-state index contributed by atoms with van der Waals surface area (Å²) in [5.74, 6) is -0.239. The van der Waals surface area contributed by atoms with Gasteiger partial charge in [-0.1, -0.05) is 24.3 Å². The molecule has 6 rings (SSSR count). The Morgan fingerprint density at radius 3 is 2.63 bits per heavy atom. The summed E-state index contributed by atoms with van der Waals surface area (Å²) in [7, 11) is 0. The second-order valence-corrected chi connectivity index (χ2v) is 9.83. The average molecular weight is 485 g/mol. The summed E-state index contributed by atoms with van der Waals surface area (Å²) in [5.41, 5.74) is 2.31. The Balaban J connectivity index is 1.52. The summed E-state index contributed by atoms with van der Waals surface area (Å²) in [4.78, 5) is 34.6. The van der Waals surface area contributed by atoms with Crippen LogP contribution in [0.5, 0.6) is 5.75 Å². The molecule has 2 aromatic carbocycles. The zero-order valence-electron chi connectivity index (χ0n) is 19.0. The predicted molar refractivity (Wildman–Crippen MR) is 139 cm³/mol. The van der Waals surface area contributed by atoms with Gasteiger partial charge in [0.1, 0.15) is 21.8 Å². The summed E-state index contributed by atoms with van der Waals surface area (Å²) in [6, 6.07) is 18.2. The minimum Gasteiger partial charge on any atom is -0.507 e. The minimum absolute atomic E-state index is 0.118. The maximum Gasteiger partial charge on any atom is 0.258 e. The van der Waals surface area contributed by atoms with Crippen LogP contribution in [0.3, 0.4) is 0 Å². The molecule has 1 saturated heterocycles. The van der Waals surface area contributed by atoms with E-state index in [0.717, 1.165) is 29.9 Å². The maximum absolute atomic E-state index is 13.6. The molecular formula is C27H24N4O3S. The van der Waals surface area contributed by atoms with Gasteiger partial charge >= 0.3 is 0 Å². The highest BCUT2D eigenvalue weighted by molar-refractivity contribution is 7.24. The second kappa shape index (κ2) is 8.79. The number of pyridine rings is 2. The van der Waals surface area contributed by atoms with Crippen LogP contribution in [-0.4, -0.2) is 51.5 Å². The number of aromatic hydroxyl groups is 1. The predicted octanol–water partition coefficient (Wildman–Crippen LogP) is 4.26. The number of carbonyl (C=O) groups is 1.